The second-order valence-electron chi connectivity index (χ2n) is 7.56. The van der Waals surface area contributed by atoms with Gasteiger partial charge in [-0.3, -0.25) is 14.5 Å². The zero-order valence-corrected chi connectivity index (χ0v) is 15.8. The Morgan fingerprint density at radius 2 is 2.15 bits per heavy atom. The molecule has 0 spiro atoms. The minimum atomic E-state index is -0.462. The molecule has 0 aromatic carbocycles. The van der Waals surface area contributed by atoms with Gasteiger partial charge in [0.1, 0.15) is 5.83 Å². The lowest BCUT2D eigenvalue weighted by Gasteiger charge is -2.39. The van der Waals surface area contributed by atoms with Gasteiger partial charge in [0.2, 0.25) is 0 Å². The van der Waals surface area contributed by atoms with Gasteiger partial charge in [0.05, 0.1) is 6.04 Å². The van der Waals surface area contributed by atoms with Gasteiger partial charge in [-0.2, -0.15) is 0 Å². The molecule has 2 fully saturated rings. The van der Waals surface area contributed by atoms with E-state index in [0.29, 0.717) is 35.3 Å². The maximum atomic E-state index is 14.5. The van der Waals surface area contributed by atoms with Crippen molar-refractivity contribution in [2.24, 2.45) is 11.8 Å². The number of allylic oxidation sites excluding steroid dienone is 2. The number of hydrogen-bond acceptors (Lipinski definition) is 5. The molecule has 1 saturated heterocycles. The fourth-order valence-corrected chi connectivity index (χ4v) is 5.39. The summed E-state index contributed by atoms with van der Waals surface area (Å²) in [6, 6.07) is -0.462. The predicted molar refractivity (Wildman–Crippen MR) is 98.9 cm³/mol. The molecule has 2 aliphatic heterocycles. The van der Waals surface area contributed by atoms with Crippen LogP contribution in [-0.4, -0.2) is 41.0 Å². The summed E-state index contributed by atoms with van der Waals surface area (Å²) in [4.78, 5) is 26.3. The van der Waals surface area contributed by atoms with E-state index in [1.807, 2.05) is 18.2 Å². The van der Waals surface area contributed by atoms with E-state index in [9.17, 15) is 14.0 Å². The van der Waals surface area contributed by atoms with Gasteiger partial charge in [-0.05, 0) is 31.8 Å². The average Bonchev–Trinajstić information content (AvgIpc) is 3.37. The van der Waals surface area contributed by atoms with Crippen molar-refractivity contribution in [3.05, 3.63) is 34.7 Å². The molecule has 0 aromatic rings. The lowest BCUT2D eigenvalue weighted by atomic mass is 9.89. The smallest absolute Gasteiger partial charge is 0.308 e. The number of nitrogens with zero attached hydrogens (tertiary/aromatic N) is 1. The second kappa shape index (κ2) is 7.31. The van der Waals surface area contributed by atoms with Crippen molar-refractivity contribution in [3.63, 3.8) is 0 Å². The minimum Gasteiger partial charge on any atom is -0.420 e. The molecule has 4 nitrogen and oxygen atoms in total. The molecule has 2 aliphatic carbocycles. The number of thioether (sulfide) groups is 1. The molecule has 1 saturated carbocycles. The number of piperidine rings is 1. The molecule has 0 aromatic heterocycles. The van der Waals surface area contributed by atoms with Crippen molar-refractivity contribution in [1.29, 1.82) is 0 Å². The van der Waals surface area contributed by atoms with Gasteiger partial charge in [0.25, 0.3) is 0 Å². The summed E-state index contributed by atoms with van der Waals surface area (Å²) in [6.45, 7) is 2.88. The molecular formula is C20H24FNO3S. The van der Waals surface area contributed by atoms with Gasteiger partial charge in [-0.15, -0.1) is 0 Å². The van der Waals surface area contributed by atoms with E-state index in [1.165, 1.54) is 6.92 Å². The summed E-state index contributed by atoms with van der Waals surface area (Å²) in [7, 11) is 0. The molecule has 0 bridgehead atoms. The first-order chi connectivity index (χ1) is 12.5. The molecule has 4 rings (SSSR count). The molecule has 0 radical (unpaired) electrons. The maximum Gasteiger partial charge on any atom is 0.308 e. The molecule has 26 heavy (non-hydrogen) atoms. The Hall–Kier alpha value is -1.40. The van der Waals surface area contributed by atoms with Crippen molar-refractivity contribution >= 4 is 23.5 Å². The van der Waals surface area contributed by atoms with Gasteiger partial charge >= 0.3 is 5.97 Å². The highest BCUT2D eigenvalue weighted by molar-refractivity contribution is 8.03. The SMILES string of the molecule is CC(=O)OC1=CC2CN(C(C(=O)C3CC3)C3=C(F)CCC=C3)CCC2S1. The number of ether oxygens (including phenoxy) is 1. The first kappa shape index (κ1) is 18.0. The molecular weight excluding hydrogens is 353 g/mol. The number of likely N-dealkylation sites (tertiary alicyclic amines) is 1. The number of rotatable bonds is 5. The number of carbonyl (C=O) groups excluding carboxylic acids is 2. The highest BCUT2D eigenvalue weighted by atomic mass is 32.2. The highest BCUT2D eigenvalue weighted by Crippen LogP contribution is 2.44. The average molecular weight is 377 g/mol. The minimum absolute atomic E-state index is 0.0958. The summed E-state index contributed by atoms with van der Waals surface area (Å²) in [6.07, 6.45) is 9.66. The van der Waals surface area contributed by atoms with Crippen LogP contribution in [0.3, 0.4) is 0 Å². The van der Waals surface area contributed by atoms with Crippen LogP contribution in [0.2, 0.25) is 0 Å². The Kier molecular flexibility index (Phi) is 5.06. The van der Waals surface area contributed by atoms with Crippen LogP contribution in [0.1, 0.15) is 39.0 Å². The molecule has 3 atom stereocenters. The molecule has 2 heterocycles. The third kappa shape index (κ3) is 3.67. The van der Waals surface area contributed by atoms with Crippen LogP contribution in [0.5, 0.6) is 0 Å². The summed E-state index contributed by atoms with van der Waals surface area (Å²) < 4.78 is 19.8. The van der Waals surface area contributed by atoms with Crippen LogP contribution in [0, 0.1) is 11.8 Å². The standard InChI is InChI=1S/C20H24FNO3S/c1-12(23)25-18-10-14-11-22(9-8-17(14)26-18)19(20(24)13-6-7-13)15-4-2-3-5-16(15)21/h2,4,10,13-14,17,19H,3,5-9,11H2,1H3. The Labute approximate surface area is 157 Å². The topological polar surface area (TPSA) is 46.6 Å². The van der Waals surface area contributed by atoms with E-state index in [0.717, 1.165) is 25.8 Å². The third-order valence-electron chi connectivity index (χ3n) is 5.54. The lowest BCUT2D eigenvalue weighted by molar-refractivity contribution is -0.135. The Morgan fingerprint density at radius 1 is 1.35 bits per heavy atom. The van der Waals surface area contributed by atoms with Crippen molar-refractivity contribution < 1.29 is 18.7 Å². The Morgan fingerprint density at radius 3 is 2.85 bits per heavy atom. The van der Waals surface area contributed by atoms with E-state index < -0.39 is 6.04 Å². The van der Waals surface area contributed by atoms with Gasteiger partial charge in [-0.25, -0.2) is 4.39 Å². The quantitative estimate of drug-likeness (QED) is 0.683. The van der Waals surface area contributed by atoms with E-state index in [1.54, 1.807) is 11.8 Å². The number of halogens is 1. The van der Waals surface area contributed by atoms with E-state index in [-0.39, 0.29) is 29.4 Å². The normalized spacial score (nSPS) is 30.0. The fourth-order valence-electron chi connectivity index (χ4n) is 4.11. The monoisotopic (exact) mass is 377 g/mol. The van der Waals surface area contributed by atoms with Crippen LogP contribution in [0.15, 0.2) is 34.7 Å². The van der Waals surface area contributed by atoms with Gasteiger partial charge in [0, 0.05) is 49.1 Å². The molecule has 0 N–H and O–H groups in total. The largest absolute Gasteiger partial charge is 0.420 e. The van der Waals surface area contributed by atoms with Crippen molar-refractivity contribution in [2.75, 3.05) is 13.1 Å². The fraction of sp³-hybridized carbons (Fsp3) is 0.600. The van der Waals surface area contributed by atoms with Crippen molar-refractivity contribution in [1.82, 2.24) is 4.90 Å². The molecule has 140 valence electrons. The van der Waals surface area contributed by atoms with Crippen LogP contribution in [0.4, 0.5) is 4.39 Å². The number of ketones is 1. The predicted octanol–water partition coefficient (Wildman–Crippen LogP) is 3.75. The van der Waals surface area contributed by atoms with E-state index >= 15 is 0 Å². The van der Waals surface area contributed by atoms with Crippen molar-refractivity contribution in [3.8, 4) is 0 Å². The second-order valence-corrected chi connectivity index (χ2v) is 8.81. The number of hydrogen-bond donors (Lipinski definition) is 0. The number of esters is 1. The van der Waals surface area contributed by atoms with Gasteiger partial charge < -0.3 is 4.74 Å². The first-order valence-corrected chi connectivity index (χ1v) is 10.3. The number of Topliss-reactive ketones (excluding diaryl/α,β-unsaturated/α-hetero) is 1. The summed E-state index contributed by atoms with van der Waals surface area (Å²) in [5.74, 6) is 0.0634. The maximum absolute atomic E-state index is 14.5. The number of carbonyl (C=O) groups is 2. The third-order valence-corrected chi connectivity index (χ3v) is 6.88. The highest BCUT2D eigenvalue weighted by Gasteiger charge is 2.44. The summed E-state index contributed by atoms with van der Waals surface area (Å²) in [5.41, 5.74) is 0.571. The molecule has 3 unspecified atom stereocenters. The van der Waals surface area contributed by atoms with Crippen LogP contribution >= 0.6 is 11.8 Å². The summed E-state index contributed by atoms with van der Waals surface area (Å²) in [5, 5.41) is 1.04. The van der Waals surface area contributed by atoms with Gasteiger partial charge in [-0.1, -0.05) is 23.9 Å². The Balaban J connectivity index is 1.55. The van der Waals surface area contributed by atoms with Crippen LogP contribution in [-0.2, 0) is 14.3 Å². The van der Waals surface area contributed by atoms with Crippen LogP contribution in [0.25, 0.3) is 0 Å². The lowest BCUT2D eigenvalue weighted by Crippen LogP contribution is -2.50. The zero-order chi connectivity index (χ0) is 18.3. The molecule has 0 amide bonds. The Bertz CT molecular complexity index is 710. The zero-order valence-electron chi connectivity index (χ0n) is 14.9. The van der Waals surface area contributed by atoms with E-state index in [4.69, 9.17) is 4.74 Å². The molecule has 4 aliphatic rings. The first-order valence-electron chi connectivity index (χ1n) is 9.42. The van der Waals surface area contributed by atoms with Crippen LogP contribution < -0.4 is 0 Å². The van der Waals surface area contributed by atoms with Crippen molar-refractivity contribution in [2.45, 2.75) is 50.3 Å². The van der Waals surface area contributed by atoms with E-state index in [2.05, 4.69) is 4.90 Å². The van der Waals surface area contributed by atoms with Gasteiger partial charge in [0.15, 0.2) is 10.9 Å². The summed E-state index contributed by atoms with van der Waals surface area (Å²) >= 11 is 1.61. The number of fused-ring (bicyclic) bond motifs is 1. The molecule has 6 heteroatoms.